The molecular formula is C20H17ClN4OS. The summed E-state index contributed by atoms with van der Waals surface area (Å²) in [6.45, 7) is 0.308. The van der Waals surface area contributed by atoms with E-state index in [4.69, 9.17) is 21.3 Å². The Morgan fingerprint density at radius 2 is 1.81 bits per heavy atom. The summed E-state index contributed by atoms with van der Waals surface area (Å²) in [6, 6.07) is 19.6. The van der Waals surface area contributed by atoms with Crippen LogP contribution < -0.4 is 4.74 Å². The fourth-order valence-electron chi connectivity index (χ4n) is 2.63. The molecule has 0 aliphatic carbocycles. The molecule has 4 rings (SSSR count). The maximum Gasteiger partial charge on any atom is 0.191 e. The SMILES string of the molecule is Cn1c(COc2ccccc2Cl)nnc1SCc1ccc2ccccc2n1. The second-order valence-corrected chi connectivity index (χ2v) is 7.31. The standard InChI is InChI=1S/C20H17ClN4OS/c1-25-19(12-26-18-9-5-3-7-16(18)21)23-24-20(25)27-13-15-11-10-14-6-2-4-8-17(14)22-15/h2-11H,12-13H2,1H3. The van der Waals surface area contributed by atoms with Crippen molar-refractivity contribution in [2.24, 2.45) is 7.05 Å². The van der Waals surface area contributed by atoms with Crippen LogP contribution >= 0.6 is 23.4 Å². The van der Waals surface area contributed by atoms with Crippen molar-refractivity contribution < 1.29 is 4.74 Å². The van der Waals surface area contributed by atoms with E-state index in [9.17, 15) is 0 Å². The number of para-hydroxylation sites is 2. The Kier molecular flexibility index (Phi) is 5.27. The van der Waals surface area contributed by atoms with Gasteiger partial charge >= 0.3 is 0 Å². The van der Waals surface area contributed by atoms with Crippen LogP contribution in [0.5, 0.6) is 5.75 Å². The van der Waals surface area contributed by atoms with Crippen molar-refractivity contribution in [2.75, 3.05) is 0 Å². The van der Waals surface area contributed by atoms with Gasteiger partial charge in [-0.05, 0) is 24.3 Å². The minimum Gasteiger partial charge on any atom is -0.484 e. The van der Waals surface area contributed by atoms with Crippen LogP contribution in [0, 0.1) is 0 Å². The van der Waals surface area contributed by atoms with Crippen LogP contribution in [0.15, 0.2) is 65.8 Å². The van der Waals surface area contributed by atoms with E-state index in [1.165, 1.54) is 0 Å². The molecule has 0 spiro atoms. The van der Waals surface area contributed by atoms with Crippen LogP contribution in [0.2, 0.25) is 5.02 Å². The van der Waals surface area contributed by atoms with Crippen LogP contribution in [0.3, 0.4) is 0 Å². The number of hydrogen-bond donors (Lipinski definition) is 0. The summed E-state index contributed by atoms with van der Waals surface area (Å²) in [5.41, 5.74) is 2.01. The quantitative estimate of drug-likeness (QED) is 0.434. The van der Waals surface area contributed by atoms with E-state index in [1.807, 2.05) is 54.1 Å². The molecule has 0 aliphatic heterocycles. The average molecular weight is 397 g/mol. The van der Waals surface area contributed by atoms with Gasteiger partial charge in [-0.25, -0.2) is 0 Å². The number of hydrogen-bond acceptors (Lipinski definition) is 5. The maximum absolute atomic E-state index is 6.12. The third-order valence-corrected chi connectivity index (χ3v) is 5.49. The van der Waals surface area contributed by atoms with Crippen molar-refractivity contribution >= 4 is 34.3 Å². The Balaban J connectivity index is 1.41. The second kappa shape index (κ2) is 7.98. The van der Waals surface area contributed by atoms with Gasteiger partial charge < -0.3 is 9.30 Å². The van der Waals surface area contributed by atoms with Gasteiger partial charge in [-0.1, -0.05) is 59.8 Å². The fraction of sp³-hybridized carbons (Fsp3) is 0.150. The molecule has 0 saturated carbocycles. The first-order chi connectivity index (χ1) is 13.2. The van der Waals surface area contributed by atoms with Crippen molar-refractivity contribution in [1.29, 1.82) is 0 Å². The van der Waals surface area contributed by atoms with Crippen LogP contribution in [-0.4, -0.2) is 19.7 Å². The zero-order valence-electron chi connectivity index (χ0n) is 14.7. The first-order valence-corrected chi connectivity index (χ1v) is 9.80. The van der Waals surface area contributed by atoms with E-state index in [0.29, 0.717) is 17.4 Å². The molecular weight excluding hydrogens is 380 g/mol. The van der Waals surface area contributed by atoms with E-state index in [-0.39, 0.29) is 0 Å². The zero-order chi connectivity index (χ0) is 18.6. The number of pyridine rings is 1. The van der Waals surface area contributed by atoms with E-state index in [1.54, 1.807) is 17.8 Å². The molecule has 0 radical (unpaired) electrons. The molecule has 0 amide bonds. The summed E-state index contributed by atoms with van der Waals surface area (Å²) in [4.78, 5) is 4.69. The number of halogens is 1. The highest BCUT2D eigenvalue weighted by atomic mass is 35.5. The summed E-state index contributed by atoms with van der Waals surface area (Å²) in [6.07, 6.45) is 0. The van der Waals surface area contributed by atoms with Crippen molar-refractivity contribution in [3.05, 3.63) is 77.2 Å². The number of nitrogens with zero attached hydrogens (tertiary/aromatic N) is 4. The molecule has 0 aliphatic rings. The third-order valence-electron chi connectivity index (χ3n) is 4.12. The Bertz CT molecular complexity index is 1080. The molecule has 0 atom stereocenters. The lowest BCUT2D eigenvalue weighted by Crippen LogP contribution is -2.04. The molecule has 136 valence electrons. The molecule has 2 heterocycles. The molecule has 0 bridgehead atoms. The molecule has 0 N–H and O–H groups in total. The highest BCUT2D eigenvalue weighted by Crippen LogP contribution is 2.25. The highest BCUT2D eigenvalue weighted by molar-refractivity contribution is 7.98. The van der Waals surface area contributed by atoms with Crippen molar-refractivity contribution in [1.82, 2.24) is 19.7 Å². The predicted octanol–water partition coefficient (Wildman–Crippen LogP) is 4.89. The Morgan fingerprint density at radius 3 is 2.70 bits per heavy atom. The van der Waals surface area contributed by atoms with Crippen LogP contribution in [-0.2, 0) is 19.4 Å². The second-order valence-electron chi connectivity index (χ2n) is 5.96. The first-order valence-electron chi connectivity index (χ1n) is 8.44. The van der Waals surface area contributed by atoms with Gasteiger partial charge in [0.05, 0.1) is 16.2 Å². The van der Waals surface area contributed by atoms with Crippen molar-refractivity contribution in [2.45, 2.75) is 17.5 Å². The summed E-state index contributed by atoms with van der Waals surface area (Å²) in [5, 5.41) is 11.0. The Labute approximate surface area is 166 Å². The van der Waals surface area contributed by atoms with E-state index >= 15 is 0 Å². The van der Waals surface area contributed by atoms with Gasteiger partial charge in [-0.15, -0.1) is 10.2 Å². The molecule has 0 saturated heterocycles. The summed E-state index contributed by atoms with van der Waals surface area (Å²) >= 11 is 7.72. The van der Waals surface area contributed by atoms with Crippen LogP contribution in [0.1, 0.15) is 11.5 Å². The molecule has 2 aromatic heterocycles. The number of rotatable bonds is 6. The molecule has 4 aromatic rings. The fourth-order valence-corrected chi connectivity index (χ4v) is 3.65. The molecule has 5 nitrogen and oxygen atoms in total. The number of fused-ring (bicyclic) bond motifs is 1. The largest absolute Gasteiger partial charge is 0.484 e. The number of thioether (sulfide) groups is 1. The third kappa shape index (κ3) is 4.07. The van der Waals surface area contributed by atoms with Gasteiger partial charge in [-0.3, -0.25) is 4.98 Å². The van der Waals surface area contributed by atoms with Gasteiger partial charge in [0.1, 0.15) is 12.4 Å². The predicted molar refractivity (Wildman–Crippen MR) is 108 cm³/mol. The van der Waals surface area contributed by atoms with Crippen LogP contribution in [0.4, 0.5) is 0 Å². The normalized spacial score (nSPS) is 11.0. The monoisotopic (exact) mass is 396 g/mol. The lowest BCUT2D eigenvalue weighted by Gasteiger charge is -2.08. The summed E-state index contributed by atoms with van der Waals surface area (Å²) in [7, 11) is 1.93. The van der Waals surface area contributed by atoms with Gasteiger partial charge in [0, 0.05) is 18.2 Å². The minimum atomic E-state index is 0.308. The summed E-state index contributed by atoms with van der Waals surface area (Å²) in [5.74, 6) is 2.10. The van der Waals surface area contributed by atoms with Gasteiger partial charge in [0.2, 0.25) is 0 Å². The van der Waals surface area contributed by atoms with Crippen molar-refractivity contribution in [3.63, 3.8) is 0 Å². The van der Waals surface area contributed by atoms with Gasteiger partial charge in [0.25, 0.3) is 0 Å². The van der Waals surface area contributed by atoms with E-state index in [2.05, 4.69) is 22.3 Å². The van der Waals surface area contributed by atoms with E-state index < -0.39 is 0 Å². The smallest absolute Gasteiger partial charge is 0.191 e. The summed E-state index contributed by atoms with van der Waals surface area (Å²) < 4.78 is 7.68. The number of aromatic nitrogens is 4. The lowest BCUT2D eigenvalue weighted by molar-refractivity contribution is 0.290. The molecule has 0 fully saturated rings. The van der Waals surface area contributed by atoms with Crippen molar-refractivity contribution in [3.8, 4) is 5.75 Å². The molecule has 0 unspecified atom stereocenters. The van der Waals surface area contributed by atoms with Gasteiger partial charge in [0.15, 0.2) is 11.0 Å². The maximum atomic E-state index is 6.12. The zero-order valence-corrected chi connectivity index (χ0v) is 16.2. The lowest BCUT2D eigenvalue weighted by atomic mass is 10.2. The molecule has 2 aromatic carbocycles. The van der Waals surface area contributed by atoms with Crippen LogP contribution in [0.25, 0.3) is 10.9 Å². The van der Waals surface area contributed by atoms with E-state index in [0.717, 1.165) is 33.3 Å². The number of benzene rings is 2. The molecule has 7 heteroatoms. The number of ether oxygens (including phenoxy) is 1. The first kappa shape index (κ1) is 17.8. The molecule has 27 heavy (non-hydrogen) atoms. The average Bonchev–Trinajstić information content (AvgIpc) is 3.05. The Hall–Kier alpha value is -2.57. The topological polar surface area (TPSA) is 52.8 Å². The Morgan fingerprint density at radius 1 is 1.00 bits per heavy atom. The highest BCUT2D eigenvalue weighted by Gasteiger charge is 2.11. The van der Waals surface area contributed by atoms with Gasteiger partial charge in [-0.2, -0.15) is 0 Å². The minimum absolute atomic E-state index is 0.308.